The van der Waals surface area contributed by atoms with Crippen LogP contribution in [0.5, 0.6) is 0 Å². The van der Waals surface area contributed by atoms with Crippen LogP contribution in [-0.2, 0) is 0 Å². The second-order valence-corrected chi connectivity index (χ2v) is 6.84. The quantitative estimate of drug-likeness (QED) is 0.752. The van der Waals surface area contributed by atoms with Gasteiger partial charge in [-0.1, -0.05) is 51.1 Å². The lowest BCUT2D eigenvalue weighted by Gasteiger charge is -2.20. The van der Waals surface area contributed by atoms with Crippen LogP contribution < -0.4 is 10.9 Å². The minimum atomic E-state index is 0.00296. The molecule has 4 heteroatoms. The van der Waals surface area contributed by atoms with E-state index < -0.39 is 0 Å². The van der Waals surface area contributed by atoms with Crippen LogP contribution in [0, 0.1) is 5.92 Å². The Morgan fingerprint density at radius 1 is 1.04 bits per heavy atom. The number of para-hydroxylation sites is 2. The molecule has 1 atom stereocenters. The van der Waals surface area contributed by atoms with E-state index in [2.05, 4.69) is 26.1 Å². The molecule has 0 aliphatic heterocycles. The minimum absolute atomic E-state index is 0.00296. The number of nitrogens with zero attached hydrogens (tertiary/aromatic N) is 2. The summed E-state index contributed by atoms with van der Waals surface area (Å²) in [5.41, 5.74) is 1.64. The molecule has 25 heavy (non-hydrogen) atoms. The third-order valence-corrected chi connectivity index (χ3v) is 4.48. The Bertz CT molecular complexity index is 900. The van der Waals surface area contributed by atoms with Crippen LogP contribution >= 0.6 is 0 Å². The summed E-state index contributed by atoms with van der Waals surface area (Å²) >= 11 is 0. The maximum Gasteiger partial charge on any atom is 0.266 e. The first-order valence-electron chi connectivity index (χ1n) is 9.02. The summed E-state index contributed by atoms with van der Waals surface area (Å²) < 4.78 is 1.79. The number of hydrogen-bond acceptors (Lipinski definition) is 2. The number of fused-ring (bicyclic) bond motifs is 1. The van der Waals surface area contributed by atoms with Crippen LogP contribution in [0.15, 0.2) is 59.4 Å². The summed E-state index contributed by atoms with van der Waals surface area (Å²) in [5, 5.41) is 2.97. The van der Waals surface area contributed by atoms with Crippen molar-refractivity contribution in [3.63, 3.8) is 0 Å². The van der Waals surface area contributed by atoms with E-state index in [1.165, 1.54) is 0 Å². The Morgan fingerprint density at radius 3 is 2.40 bits per heavy atom. The maximum atomic E-state index is 13.2. The van der Waals surface area contributed by atoms with Crippen molar-refractivity contribution >= 4 is 10.9 Å². The molecule has 3 aromatic rings. The molecule has 4 nitrogen and oxygen atoms in total. The van der Waals surface area contributed by atoms with Crippen LogP contribution in [0.3, 0.4) is 0 Å². The van der Waals surface area contributed by atoms with Crippen LogP contribution in [0.25, 0.3) is 16.6 Å². The zero-order chi connectivity index (χ0) is 17.8. The molecule has 0 saturated carbocycles. The van der Waals surface area contributed by atoms with Gasteiger partial charge in [-0.2, -0.15) is 0 Å². The van der Waals surface area contributed by atoms with Gasteiger partial charge in [-0.25, -0.2) is 4.98 Å². The van der Waals surface area contributed by atoms with Gasteiger partial charge in [0.1, 0.15) is 6.04 Å². The highest BCUT2D eigenvalue weighted by Crippen LogP contribution is 2.18. The van der Waals surface area contributed by atoms with Crippen molar-refractivity contribution in [1.82, 2.24) is 9.55 Å². The summed E-state index contributed by atoms with van der Waals surface area (Å²) in [6.45, 7) is 7.58. The molecule has 2 N–H and O–H groups in total. The first-order chi connectivity index (χ1) is 12.1. The van der Waals surface area contributed by atoms with E-state index in [4.69, 9.17) is 4.98 Å². The largest absolute Gasteiger partial charge is 0.337 e. The van der Waals surface area contributed by atoms with Gasteiger partial charge in [0.05, 0.1) is 23.1 Å². The van der Waals surface area contributed by atoms with Crippen molar-refractivity contribution in [3.8, 4) is 5.69 Å². The van der Waals surface area contributed by atoms with Gasteiger partial charge in [-0.15, -0.1) is 0 Å². The molecule has 1 aromatic heterocycles. The number of hydrogen-bond donors (Lipinski definition) is 1. The van der Waals surface area contributed by atoms with Crippen molar-refractivity contribution in [2.24, 2.45) is 5.92 Å². The van der Waals surface area contributed by atoms with Crippen LogP contribution in [0.4, 0.5) is 0 Å². The van der Waals surface area contributed by atoms with E-state index in [-0.39, 0.29) is 11.6 Å². The molecule has 0 radical (unpaired) electrons. The standard InChI is InChI=1S/C21H25N3O/c1-4-18(22-14-15(2)3)20-23-19-13-9-8-12-17(19)21(25)24(20)16-10-6-5-7-11-16/h5-13,15,18,22H,4,14H2,1-3H3/p+1/t18-/m0/s1. The van der Waals surface area contributed by atoms with E-state index >= 15 is 0 Å². The Hall–Kier alpha value is -2.46. The molecule has 0 unspecified atom stereocenters. The Kier molecular flexibility index (Phi) is 5.29. The smallest absolute Gasteiger partial charge is 0.266 e. The van der Waals surface area contributed by atoms with E-state index in [0.29, 0.717) is 11.3 Å². The molecule has 0 aliphatic carbocycles. The number of rotatable bonds is 6. The molecule has 0 fully saturated rings. The van der Waals surface area contributed by atoms with Gasteiger partial charge >= 0.3 is 0 Å². The van der Waals surface area contributed by atoms with E-state index in [1.54, 1.807) is 4.57 Å². The molecule has 1 heterocycles. The molecule has 0 saturated heterocycles. The first-order valence-corrected chi connectivity index (χ1v) is 9.02. The fraction of sp³-hybridized carbons (Fsp3) is 0.333. The SMILES string of the molecule is CC[C@H]([NH2+]CC(C)C)c1nc2ccccc2c(=O)n1-c1ccccc1. The number of nitrogens with two attached hydrogens (primary N) is 1. The van der Waals surface area contributed by atoms with Gasteiger partial charge in [-0.05, 0) is 24.3 Å². The molecule has 3 rings (SSSR count). The molecule has 0 aliphatic rings. The van der Waals surface area contributed by atoms with Crippen LogP contribution in [0.1, 0.15) is 39.1 Å². The van der Waals surface area contributed by atoms with Crippen molar-refractivity contribution in [2.75, 3.05) is 6.54 Å². The lowest BCUT2D eigenvalue weighted by molar-refractivity contribution is -0.701. The summed E-state index contributed by atoms with van der Waals surface area (Å²) in [7, 11) is 0. The maximum absolute atomic E-state index is 13.2. The Balaban J connectivity index is 2.23. The topological polar surface area (TPSA) is 51.5 Å². The average Bonchev–Trinajstić information content (AvgIpc) is 2.63. The Labute approximate surface area is 148 Å². The molecule has 0 spiro atoms. The third-order valence-electron chi connectivity index (χ3n) is 4.48. The fourth-order valence-corrected chi connectivity index (χ4v) is 3.12. The summed E-state index contributed by atoms with van der Waals surface area (Å²) in [6.07, 6.45) is 0.921. The number of quaternary nitrogens is 1. The highest BCUT2D eigenvalue weighted by molar-refractivity contribution is 5.77. The zero-order valence-electron chi connectivity index (χ0n) is 15.1. The van der Waals surface area contributed by atoms with Gasteiger partial charge in [0, 0.05) is 12.3 Å². The molecule has 0 bridgehead atoms. The third kappa shape index (κ3) is 3.64. The minimum Gasteiger partial charge on any atom is -0.337 e. The second kappa shape index (κ2) is 7.62. The van der Waals surface area contributed by atoms with Crippen molar-refractivity contribution in [2.45, 2.75) is 33.2 Å². The monoisotopic (exact) mass is 336 g/mol. The molecule has 130 valence electrons. The van der Waals surface area contributed by atoms with E-state index in [0.717, 1.165) is 30.0 Å². The predicted octanol–water partition coefficient (Wildman–Crippen LogP) is 3.06. The van der Waals surface area contributed by atoms with Crippen molar-refractivity contribution in [3.05, 3.63) is 70.8 Å². The van der Waals surface area contributed by atoms with Crippen molar-refractivity contribution in [1.29, 1.82) is 0 Å². The highest BCUT2D eigenvalue weighted by atomic mass is 16.1. The van der Waals surface area contributed by atoms with E-state index in [1.807, 2.05) is 54.6 Å². The Morgan fingerprint density at radius 2 is 1.72 bits per heavy atom. The number of benzene rings is 2. The van der Waals surface area contributed by atoms with E-state index in [9.17, 15) is 4.79 Å². The van der Waals surface area contributed by atoms with Crippen LogP contribution in [0.2, 0.25) is 0 Å². The first kappa shape index (κ1) is 17.4. The van der Waals surface area contributed by atoms with Crippen molar-refractivity contribution < 1.29 is 5.32 Å². The normalized spacial score (nSPS) is 12.6. The van der Waals surface area contributed by atoms with Gasteiger partial charge < -0.3 is 5.32 Å². The average molecular weight is 336 g/mol. The summed E-state index contributed by atoms with van der Waals surface area (Å²) in [4.78, 5) is 18.1. The second-order valence-electron chi connectivity index (χ2n) is 6.84. The molecule has 2 aromatic carbocycles. The molecular weight excluding hydrogens is 310 g/mol. The van der Waals surface area contributed by atoms with Crippen LogP contribution in [-0.4, -0.2) is 16.1 Å². The highest BCUT2D eigenvalue weighted by Gasteiger charge is 2.22. The van der Waals surface area contributed by atoms with Gasteiger partial charge in [0.2, 0.25) is 0 Å². The fourth-order valence-electron chi connectivity index (χ4n) is 3.12. The lowest BCUT2D eigenvalue weighted by Crippen LogP contribution is -2.86. The lowest BCUT2D eigenvalue weighted by atomic mass is 10.1. The van der Waals surface area contributed by atoms with Gasteiger partial charge in [0.25, 0.3) is 5.56 Å². The number of aromatic nitrogens is 2. The summed E-state index contributed by atoms with van der Waals surface area (Å²) in [5.74, 6) is 1.42. The van der Waals surface area contributed by atoms with Gasteiger partial charge in [-0.3, -0.25) is 9.36 Å². The predicted molar refractivity (Wildman–Crippen MR) is 102 cm³/mol. The molecular formula is C21H26N3O+. The molecule has 0 amide bonds. The summed E-state index contributed by atoms with van der Waals surface area (Å²) in [6, 6.07) is 17.6. The van der Waals surface area contributed by atoms with Gasteiger partial charge in [0.15, 0.2) is 5.82 Å². The zero-order valence-corrected chi connectivity index (χ0v) is 15.1.